The molecule has 0 fully saturated rings. The second-order valence-corrected chi connectivity index (χ2v) is 7.10. The molecule has 3 rings (SSSR count). The van der Waals surface area contributed by atoms with Crippen molar-refractivity contribution >= 4 is 21.3 Å². The van der Waals surface area contributed by atoms with E-state index in [2.05, 4.69) is 15.4 Å². The lowest BCUT2D eigenvalue weighted by Crippen LogP contribution is -2.08. The molecule has 0 atom stereocenters. The van der Waals surface area contributed by atoms with Gasteiger partial charge in [-0.3, -0.25) is 0 Å². The number of aromatic nitrogens is 3. The Labute approximate surface area is 133 Å². The Kier molecular flexibility index (Phi) is 4.01. The summed E-state index contributed by atoms with van der Waals surface area (Å²) < 4.78 is 25.1. The molecule has 23 heavy (non-hydrogen) atoms. The highest BCUT2D eigenvalue weighted by Gasteiger charge is 2.12. The summed E-state index contributed by atoms with van der Waals surface area (Å²) in [4.78, 5) is 4.53. The number of hydrogen-bond donors (Lipinski definition) is 2. The van der Waals surface area contributed by atoms with E-state index in [0.29, 0.717) is 29.3 Å². The summed E-state index contributed by atoms with van der Waals surface area (Å²) in [7, 11) is -3.28. The zero-order valence-corrected chi connectivity index (χ0v) is 13.3. The molecule has 0 saturated heterocycles. The average Bonchev–Trinajstić information content (AvgIpc) is 2.95. The van der Waals surface area contributed by atoms with Gasteiger partial charge < -0.3 is 10.4 Å². The molecule has 0 aliphatic carbocycles. The fourth-order valence-electron chi connectivity index (χ4n) is 2.23. The van der Waals surface area contributed by atoms with Crippen LogP contribution in [0.2, 0.25) is 0 Å². The molecular formula is C15H16N4O3S. The van der Waals surface area contributed by atoms with E-state index < -0.39 is 9.84 Å². The van der Waals surface area contributed by atoms with E-state index in [1.807, 2.05) is 6.07 Å². The lowest BCUT2D eigenvalue weighted by atomic mass is 10.2. The summed E-state index contributed by atoms with van der Waals surface area (Å²) in [6.07, 6.45) is 2.83. The predicted molar refractivity (Wildman–Crippen MR) is 87.1 cm³/mol. The lowest BCUT2D eigenvalue weighted by molar-refractivity contribution is 0.311. The fraction of sp³-hybridized carbons (Fsp3) is 0.200. The van der Waals surface area contributed by atoms with Crippen LogP contribution in [0.4, 0.5) is 5.82 Å². The summed E-state index contributed by atoms with van der Waals surface area (Å²) in [5.41, 5.74) is 2.06. The van der Waals surface area contributed by atoms with Crippen molar-refractivity contribution in [2.75, 3.05) is 24.7 Å². The van der Waals surface area contributed by atoms with Crippen molar-refractivity contribution in [3.63, 3.8) is 0 Å². The van der Waals surface area contributed by atoms with Gasteiger partial charge in [-0.1, -0.05) is 12.1 Å². The van der Waals surface area contributed by atoms with Crippen LogP contribution in [-0.4, -0.2) is 47.5 Å². The molecular weight excluding hydrogens is 316 g/mol. The normalized spacial score (nSPS) is 11.7. The van der Waals surface area contributed by atoms with Crippen molar-refractivity contribution in [1.29, 1.82) is 0 Å². The van der Waals surface area contributed by atoms with Crippen LogP contribution in [0.15, 0.2) is 47.5 Å². The smallest absolute Gasteiger partial charge is 0.175 e. The summed E-state index contributed by atoms with van der Waals surface area (Å²) in [5, 5.41) is 16.3. The number of imidazole rings is 1. The SMILES string of the molecule is CS(=O)(=O)c1cccc(-c2cnc3ccc(NCCO)nn23)c1. The van der Waals surface area contributed by atoms with E-state index in [0.717, 1.165) is 0 Å². The number of fused-ring (bicyclic) bond motifs is 1. The molecule has 0 spiro atoms. The molecule has 0 bridgehead atoms. The molecule has 0 aliphatic rings. The van der Waals surface area contributed by atoms with Gasteiger partial charge in [-0.05, 0) is 24.3 Å². The van der Waals surface area contributed by atoms with Gasteiger partial charge in [0.25, 0.3) is 0 Å². The predicted octanol–water partition coefficient (Wildman–Crippen LogP) is 1.20. The Hall–Kier alpha value is -2.45. The minimum Gasteiger partial charge on any atom is -0.395 e. The maximum Gasteiger partial charge on any atom is 0.175 e. The quantitative estimate of drug-likeness (QED) is 0.729. The summed E-state index contributed by atoms with van der Waals surface area (Å²) in [6, 6.07) is 10.2. The van der Waals surface area contributed by atoms with Crippen molar-refractivity contribution in [2.45, 2.75) is 4.90 Å². The highest BCUT2D eigenvalue weighted by atomic mass is 32.2. The minimum absolute atomic E-state index is 0.00685. The Morgan fingerprint density at radius 2 is 2.09 bits per heavy atom. The molecule has 0 saturated carbocycles. The van der Waals surface area contributed by atoms with Crippen LogP contribution in [-0.2, 0) is 9.84 Å². The largest absolute Gasteiger partial charge is 0.395 e. The number of aliphatic hydroxyl groups excluding tert-OH is 1. The van der Waals surface area contributed by atoms with Crippen molar-refractivity contribution in [3.8, 4) is 11.3 Å². The standard InChI is InChI=1S/C15H16N4O3S/c1-23(21,22)12-4-2-3-11(9-12)13-10-17-15-6-5-14(16-7-8-20)18-19(13)15/h2-6,9-10,20H,7-8H2,1H3,(H,16,18). The third kappa shape index (κ3) is 3.17. The zero-order chi connectivity index (χ0) is 16.4. The number of nitrogens with zero attached hydrogens (tertiary/aromatic N) is 3. The molecule has 0 unspecified atom stereocenters. The van der Waals surface area contributed by atoms with Gasteiger partial charge >= 0.3 is 0 Å². The lowest BCUT2D eigenvalue weighted by Gasteiger charge is -2.06. The molecule has 2 aromatic heterocycles. The van der Waals surface area contributed by atoms with Gasteiger partial charge in [0.05, 0.1) is 23.4 Å². The molecule has 1 aromatic carbocycles. The van der Waals surface area contributed by atoms with Crippen LogP contribution < -0.4 is 5.32 Å². The molecule has 0 aliphatic heterocycles. The monoisotopic (exact) mass is 332 g/mol. The number of nitrogens with one attached hydrogen (secondary N) is 1. The maximum absolute atomic E-state index is 11.7. The number of aliphatic hydroxyl groups is 1. The van der Waals surface area contributed by atoms with Gasteiger partial charge in [0.1, 0.15) is 5.82 Å². The van der Waals surface area contributed by atoms with Gasteiger partial charge in [0, 0.05) is 18.4 Å². The second-order valence-electron chi connectivity index (χ2n) is 5.08. The molecule has 120 valence electrons. The van der Waals surface area contributed by atoms with Gasteiger partial charge in [-0.15, -0.1) is 5.10 Å². The highest BCUT2D eigenvalue weighted by molar-refractivity contribution is 7.90. The van der Waals surface area contributed by atoms with Crippen LogP contribution >= 0.6 is 0 Å². The molecule has 2 heterocycles. The number of rotatable bonds is 5. The summed E-state index contributed by atoms with van der Waals surface area (Å²) in [6.45, 7) is 0.402. The van der Waals surface area contributed by atoms with Crippen LogP contribution in [0.3, 0.4) is 0 Å². The topological polar surface area (TPSA) is 96.6 Å². The van der Waals surface area contributed by atoms with Crippen LogP contribution in [0, 0.1) is 0 Å². The van der Waals surface area contributed by atoms with Crippen molar-refractivity contribution in [3.05, 3.63) is 42.6 Å². The Balaban J connectivity index is 2.09. The van der Waals surface area contributed by atoms with Gasteiger partial charge in [0.2, 0.25) is 0 Å². The molecule has 7 nitrogen and oxygen atoms in total. The van der Waals surface area contributed by atoms with E-state index in [-0.39, 0.29) is 11.5 Å². The first-order chi connectivity index (χ1) is 11.0. The van der Waals surface area contributed by atoms with Crippen LogP contribution in [0.1, 0.15) is 0 Å². The molecule has 3 aromatic rings. The van der Waals surface area contributed by atoms with E-state index in [4.69, 9.17) is 5.11 Å². The van der Waals surface area contributed by atoms with Crippen molar-refractivity contribution < 1.29 is 13.5 Å². The highest BCUT2D eigenvalue weighted by Crippen LogP contribution is 2.23. The van der Waals surface area contributed by atoms with E-state index in [9.17, 15) is 8.42 Å². The second kappa shape index (κ2) is 5.98. The van der Waals surface area contributed by atoms with Crippen LogP contribution in [0.25, 0.3) is 16.9 Å². The molecule has 0 amide bonds. The minimum atomic E-state index is -3.28. The molecule has 0 radical (unpaired) electrons. The Bertz CT molecular complexity index is 950. The number of hydrogen-bond acceptors (Lipinski definition) is 6. The Morgan fingerprint density at radius 1 is 1.26 bits per heavy atom. The molecule has 8 heteroatoms. The number of benzene rings is 1. The van der Waals surface area contributed by atoms with Gasteiger partial charge in [0.15, 0.2) is 15.5 Å². The Morgan fingerprint density at radius 3 is 2.83 bits per heavy atom. The van der Waals surface area contributed by atoms with E-state index >= 15 is 0 Å². The first kappa shape index (κ1) is 15.4. The maximum atomic E-state index is 11.7. The third-order valence-corrected chi connectivity index (χ3v) is 4.45. The van der Waals surface area contributed by atoms with Gasteiger partial charge in [-0.25, -0.2) is 17.9 Å². The fourth-order valence-corrected chi connectivity index (χ4v) is 2.90. The molecule has 2 N–H and O–H groups in total. The first-order valence-electron chi connectivity index (χ1n) is 6.99. The first-order valence-corrected chi connectivity index (χ1v) is 8.88. The third-order valence-electron chi connectivity index (χ3n) is 3.34. The van der Waals surface area contributed by atoms with E-state index in [1.165, 1.54) is 6.26 Å². The summed E-state index contributed by atoms with van der Waals surface area (Å²) >= 11 is 0. The number of sulfone groups is 1. The van der Waals surface area contributed by atoms with Crippen molar-refractivity contribution in [1.82, 2.24) is 14.6 Å². The number of anilines is 1. The van der Waals surface area contributed by atoms with Crippen LogP contribution in [0.5, 0.6) is 0 Å². The van der Waals surface area contributed by atoms with Gasteiger partial charge in [-0.2, -0.15) is 0 Å². The van der Waals surface area contributed by atoms with Crippen molar-refractivity contribution in [2.24, 2.45) is 0 Å². The van der Waals surface area contributed by atoms with E-state index in [1.54, 1.807) is 41.0 Å². The summed E-state index contributed by atoms with van der Waals surface area (Å²) in [5.74, 6) is 0.602. The average molecular weight is 332 g/mol. The zero-order valence-electron chi connectivity index (χ0n) is 12.5.